The van der Waals surface area contributed by atoms with Crippen molar-refractivity contribution in [3.8, 4) is 11.3 Å². The van der Waals surface area contributed by atoms with Crippen molar-refractivity contribution in [2.75, 3.05) is 0 Å². The van der Waals surface area contributed by atoms with Gasteiger partial charge in [-0.25, -0.2) is 9.78 Å². The number of nitrogens with zero attached hydrogens (tertiary/aromatic N) is 4. The van der Waals surface area contributed by atoms with E-state index in [9.17, 15) is 4.79 Å². The maximum Gasteiger partial charge on any atom is 0.347 e. The van der Waals surface area contributed by atoms with Crippen LogP contribution in [-0.4, -0.2) is 30.2 Å². The molecule has 0 fully saturated rings. The van der Waals surface area contributed by atoms with E-state index >= 15 is 0 Å². The van der Waals surface area contributed by atoms with Crippen LogP contribution in [0.1, 0.15) is 15.4 Å². The maximum atomic E-state index is 11.0. The topological polar surface area (TPSA) is 72.4 Å². The van der Waals surface area contributed by atoms with Gasteiger partial charge >= 0.3 is 5.97 Å². The number of hydrogen-bond donors (Lipinski definition) is 1. The van der Waals surface area contributed by atoms with Crippen molar-refractivity contribution in [3.63, 3.8) is 0 Å². The first kappa shape index (κ1) is 11.0. The minimum Gasteiger partial charge on any atom is -0.477 e. The standard InChI is InChI=1S/C11H10N4O2S/c1-6-9(10(16)17)18-11-13-8(5-15(6)11)7-3-12-14(2)4-7/h3-5H,1-2H3,(H,16,17). The van der Waals surface area contributed by atoms with Crippen molar-refractivity contribution < 1.29 is 9.90 Å². The maximum absolute atomic E-state index is 11.0. The van der Waals surface area contributed by atoms with Crippen LogP contribution in [0.15, 0.2) is 18.6 Å². The fraction of sp³-hybridized carbons (Fsp3) is 0.182. The van der Waals surface area contributed by atoms with E-state index in [-0.39, 0.29) is 0 Å². The molecule has 0 aliphatic carbocycles. The molecular weight excluding hydrogens is 252 g/mol. The van der Waals surface area contributed by atoms with Crippen LogP contribution in [0.5, 0.6) is 0 Å². The van der Waals surface area contributed by atoms with Gasteiger partial charge in [0.25, 0.3) is 0 Å². The summed E-state index contributed by atoms with van der Waals surface area (Å²) in [5.74, 6) is -0.911. The first-order chi connectivity index (χ1) is 8.56. The van der Waals surface area contributed by atoms with Crippen LogP contribution >= 0.6 is 11.3 Å². The van der Waals surface area contributed by atoms with Crippen LogP contribution < -0.4 is 0 Å². The number of hydrogen-bond acceptors (Lipinski definition) is 4. The quantitative estimate of drug-likeness (QED) is 0.764. The lowest BCUT2D eigenvalue weighted by Gasteiger charge is -1.91. The highest BCUT2D eigenvalue weighted by Gasteiger charge is 2.17. The number of fused-ring (bicyclic) bond motifs is 1. The molecule has 3 aromatic rings. The van der Waals surface area contributed by atoms with Crippen molar-refractivity contribution in [2.45, 2.75) is 6.92 Å². The number of rotatable bonds is 2. The molecular formula is C11H10N4O2S. The Labute approximate surface area is 106 Å². The fourth-order valence-electron chi connectivity index (χ4n) is 1.84. The summed E-state index contributed by atoms with van der Waals surface area (Å²) in [7, 11) is 1.84. The minimum absolute atomic E-state index is 0.329. The first-order valence-electron chi connectivity index (χ1n) is 5.27. The van der Waals surface area contributed by atoms with Crippen LogP contribution in [0.3, 0.4) is 0 Å². The van der Waals surface area contributed by atoms with E-state index in [4.69, 9.17) is 5.11 Å². The molecule has 92 valence electrons. The Kier molecular flexibility index (Phi) is 2.24. The predicted molar refractivity (Wildman–Crippen MR) is 67.0 cm³/mol. The van der Waals surface area contributed by atoms with Crippen molar-refractivity contribution in [1.29, 1.82) is 0 Å². The van der Waals surface area contributed by atoms with E-state index < -0.39 is 5.97 Å². The van der Waals surface area contributed by atoms with Crippen LogP contribution in [-0.2, 0) is 7.05 Å². The Morgan fingerprint density at radius 3 is 2.78 bits per heavy atom. The average Bonchev–Trinajstić information content (AvgIpc) is 2.95. The normalized spacial score (nSPS) is 11.2. The molecule has 0 atom stereocenters. The Hall–Kier alpha value is -2.15. The molecule has 0 saturated heterocycles. The second-order valence-electron chi connectivity index (χ2n) is 4.00. The monoisotopic (exact) mass is 262 g/mol. The van der Waals surface area contributed by atoms with E-state index in [1.165, 1.54) is 11.3 Å². The molecule has 0 spiro atoms. The third kappa shape index (κ3) is 1.52. The van der Waals surface area contributed by atoms with E-state index in [2.05, 4.69) is 10.1 Å². The summed E-state index contributed by atoms with van der Waals surface area (Å²) in [5.41, 5.74) is 2.42. The smallest absolute Gasteiger partial charge is 0.347 e. The Morgan fingerprint density at radius 1 is 1.44 bits per heavy atom. The molecule has 3 rings (SSSR count). The SMILES string of the molecule is Cc1c(C(=O)O)sc2nc(-c3cnn(C)c3)cn12. The molecule has 18 heavy (non-hydrogen) atoms. The summed E-state index contributed by atoms with van der Waals surface area (Å²) in [6.45, 7) is 1.78. The summed E-state index contributed by atoms with van der Waals surface area (Å²) in [5, 5.41) is 13.1. The molecule has 7 heteroatoms. The summed E-state index contributed by atoms with van der Waals surface area (Å²) in [6.07, 6.45) is 5.45. The lowest BCUT2D eigenvalue weighted by Crippen LogP contribution is -1.96. The largest absolute Gasteiger partial charge is 0.477 e. The third-order valence-electron chi connectivity index (χ3n) is 2.75. The number of carbonyl (C=O) groups is 1. The molecule has 0 saturated carbocycles. The number of aromatic carboxylic acids is 1. The predicted octanol–water partition coefficient (Wildman–Crippen LogP) is 1.80. The number of aromatic nitrogens is 4. The second kappa shape index (κ2) is 3.67. The van der Waals surface area contributed by atoms with Gasteiger partial charge in [0.05, 0.1) is 11.9 Å². The summed E-state index contributed by atoms with van der Waals surface area (Å²) < 4.78 is 3.51. The minimum atomic E-state index is -0.911. The third-order valence-corrected chi connectivity index (χ3v) is 3.90. The van der Waals surface area contributed by atoms with Crippen LogP contribution in [0.4, 0.5) is 0 Å². The van der Waals surface area contributed by atoms with Gasteiger partial charge in [0.1, 0.15) is 4.88 Å². The molecule has 0 aliphatic heterocycles. The summed E-state index contributed by atoms with van der Waals surface area (Å²) in [6, 6.07) is 0. The molecule has 0 radical (unpaired) electrons. The van der Waals surface area contributed by atoms with Gasteiger partial charge in [0.15, 0.2) is 4.96 Å². The van der Waals surface area contributed by atoms with E-state index in [0.717, 1.165) is 11.3 Å². The number of carboxylic acids is 1. The number of aryl methyl sites for hydroxylation is 2. The number of thiazole rings is 1. The highest BCUT2D eigenvalue weighted by Crippen LogP contribution is 2.26. The average molecular weight is 262 g/mol. The van der Waals surface area contributed by atoms with Gasteiger partial charge < -0.3 is 5.11 Å². The van der Waals surface area contributed by atoms with Crippen molar-refractivity contribution >= 4 is 22.3 Å². The first-order valence-corrected chi connectivity index (χ1v) is 6.08. The Balaban J connectivity index is 2.16. The van der Waals surface area contributed by atoms with E-state index in [1.54, 1.807) is 22.2 Å². The van der Waals surface area contributed by atoms with Gasteiger partial charge in [0, 0.05) is 30.7 Å². The number of imidazole rings is 1. The highest BCUT2D eigenvalue weighted by molar-refractivity contribution is 7.19. The zero-order valence-corrected chi connectivity index (χ0v) is 10.6. The van der Waals surface area contributed by atoms with Crippen molar-refractivity contribution in [1.82, 2.24) is 19.2 Å². The van der Waals surface area contributed by atoms with Crippen LogP contribution in [0.25, 0.3) is 16.2 Å². The van der Waals surface area contributed by atoms with Crippen molar-refractivity contribution in [2.24, 2.45) is 7.05 Å². The Bertz CT molecular complexity index is 752. The molecule has 6 nitrogen and oxygen atoms in total. The molecule has 0 bridgehead atoms. The second-order valence-corrected chi connectivity index (χ2v) is 4.98. The molecule has 0 aromatic carbocycles. The zero-order chi connectivity index (χ0) is 12.9. The highest BCUT2D eigenvalue weighted by atomic mass is 32.1. The van der Waals surface area contributed by atoms with Gasteiger partial charge in [-0.3, -0.25) is 9.08 Å². The zero-order valence-electron chi connectivity index (χ0n) is 9.78. The lowest BCUT2D eigenvalue weighted by atomic mass is 10.3. The van der Waals surface area contributed by atoms with Gasteiger partial charge in [-0.15, -0.1) is 0 Å². The van der Waals surface area contributed by atoms with Gasteiger partial charge in [-0.05, 0) is 6.92 Å². The van der Waals surface area contributed by atoms with Gasteiger partial charge in [0.2, 0.25) is 0 Å². The molecule has 3 heterocycles. The Morgan fingerprint density at radius 2 is 2.22 bits per heavy atom. The molecule has 0 aliphatic rings. The van der Waals surface area contributed by atoms with E-state index in [1.807, 2.05) is 19.4 Å². The van der Waals surface area contributed by atoms with Crippen LogP contribution in [0.2, 0.25) is 0 Å². The summed E-state index contributed by atoms with van der Waals surface area (Å²) >= 11 is 1.18. The molecule has 0 unspecified atom stereocenters. The van der Waals surface area contributed by atoms with E-state index in [0.29, 0.717) is 15.5 Å². The molecule has 0 amide bonds. The number of carboxylic acid groups (broad SMARTS) is 1. The molecule has 3 aromatic heterocycles. The molecule has 1 N–H and O–H groups in total. The van der Waals surface area contributed by atoms with Gasteiger partial charge in [-0.1, -0.05) is 11.3 Å². The van der Waals surface area contributed by atoms with Gasteiger partial charge in [-0.2, -0.15) is 5.10 Å². The van der Waals surface area contributed by atoms with Crippen molar-refractivity contribution in [3.05, 3.63) is 29.2 Å². The lowest BCUT2D eigenvalue weighted by molar-refractivity contribution is 0.0701. The summed E-state index contributed by atoms with van der Waals surface area (Å²) in [4.78, 5) is 16.4. The fourth-order valence-corrected chi connectivity index (χ4v) is 2.79. The van der Waals surface area contributed by atoms with Crippen LogP contribution in [0, 0.1) is 6.92 Å².